The minimum absolute atomic E-state index is 0.350. The second-order valence-electron chi connectivity index (χ2n) is 4.23. The van der Waals surface area contributed by atoms with Crippen molar-refractivity contribution >= 4 is 5.69 Å². The second-order valence-corrected chi connectivity index (χ2v) is 4.23. The molecule has 0 fully saturated rings. The Morgan fingerprint density at radius 2 is 2.06 bits per heavy atom. The van der Waals surface area contributed by atoms with Gasteiger partial charge in [0, 0.05) is 17.3 Å². The van der Waals surface area contributed by atoms with Crippen molar-refractivity contribution < 1.29 is 0 Å². The molecule has 16 heavy (non-hydrogen) atoms. The monoisotopic (exact) mass is 216 g/mol. The Bertz CT molecular complexity index is 499. The Hall–Kier alpha value is -1.84. The molecule has 0 bridgehead atoms. The van der Waals surface area contributed by atoms with Crippen LogP contribution in [0.25, 0.3) is 11.4 Å². The van der Waals surface area contributed by atoms with Gasteiger partial charge in [0.05, 0.1) is 0 Å². The van der Waals surface area contributed by atoms with Gasteiger partial charge >= 0.3 is 0 Å². The molecule has 1 aromatic heterocycles. The summed E-state index contributed by atoms with van der Waals surface area (Å²) in [6.45, 7) is 6.21. The summed E-state index contributed by atoms with van der Waals surface area (Å²) in [5, 5.41) is 8.10. The van der Waals surface area contributed by atoms with E-state index < -0.39 is 0 Å². The molecule has 1 heterocycles. The number of nitrogen functional groups attached to an aromatic ring is 1. The van der Waals surface area contributed by atoms with Crippen LogP contribution in [-0.2, 0) is 0 Å². The highest BCUT2D eigenvalue weighted by atomic mass is 15.3. The number of anilines is 1. The fourth-order valence-electron chi connectivity index (χ4n) is 1.64. The summed E-state index contributed by atoms with van der Waals surface area (Å²) < 4.78 is 2.05. The highest BCUT2D eigenvalue weighted by Gasteiger charge is 2.10. The lowest BCUT2D eigenvalue weighted by Gasteiger charge is -2.10. The molecular weight excluding hydrogens is 200 g/mol. The number of nitrogens with two attached hydrogens (primary N) is 1. The first-order valence-electron chi connectivity index (χ1n) is 5.35. The smallest absolute Gasteiger partial charge is 0.163 e. The fourth-order valence-corrected chi connectivity index (χ4v) is 1.64. The van der Waals surface area contributed by atoms with Crippen LogP contribution in [0.4, 0.5) is 5.69 Å². The van der Waals surface area contributed by atoms with E-state index in [-0.39, 0.29) is 0 Å². The van der Waals surface area contributed by atoms with Crippen LogP contribution in [0, 0.1) is 6.92 Å². The van der Waals surface area contributed by atoms with Crippen molar-refractivity contribution in [1.29, 1.82) is 0 Å². The third-order valence-electron chi connectivity index (χ3n) is 2.66. The van der Waals surface area contributed by atoms with Gasteiger partial charge in [-0.25, -0.2) is 0 Å². The number of rotatable bonds is 2. The Labute approximate surface area is 95.1 Å². The zero-order valence-electron chi connectivity index (χ0n) is 9.81. The maximum absolute atomic E-state index is 5.80. The molecule has 0 radical (unpaired) electrons. The molecule has 84 valence electrons. The standard InChI is InChI=1S/C12H16N4/c1-8(2)16-7-14-15-12(16)10-4-5-11(13)9(3)6-10/h4-8H,13H2,1-3H3. The first-order valence-corrected chi connectivity index (χ1v) is 5.35. The molecular formula is C12H16N4. The molecule has 0 aliphatic heterocycles. The molecule has 0 saturated heterocycles. The second kappa shape index (κ2) is 3.96. The predicted molar refractivity (Wildman–Crippen MR) is 65.0 cm³/mol. The number of hydrogen-bond acceptors (Lipinski definition) is 3. The van der Waals surface area contributed by atoms with Crippen LogP contribution >= 0.6 is 0 Å². The van der Waals surface area contributed by atoms with E-state index in [1.807, 2.05) is 29.7 Å². The summed E-state index contributed by atoms with van der Waals surface area (Å²) in [6, 6.07) is 6.27. The molecule has 0 spiro atoms. The minimum atomic E-state index is 0.350. The topological polar surface area (TPSA) is 56.7 Å². The molecule has 2 aromatic rings. The van der Waals surface area contributed by atoms with Gasteiger partial charge in [0.15, 0.2) is 5.82 Å². The number of aromatic nitrogens is 3. The Morgan fingerprint density at radius 3 is 2.69 bits per heavy atom. The zero-order valence-corrected chi connectivity index (χ0v) is 9.81. The average Bonchev–Trinajstić information content (AvgIpc) is 2.71. The van der Waals surface area contributed by atoms with Crippen molar-refractivity contribution in [3.63, 3.8) is 0 Å². The van der Waals surface area contributed by atoms with Gasteiger partial charge in [0.25, 0.3) is 0 Å². The van der Waals surface area contributed by atoms with Gasteiger partial charge in [-0.1, -0.05) is 0 Å². The van der Waals surface area contributed by atoms with Crippen molar-refractivity contribution in [3.05, 3.63) is 30.1 Å². The van der Waals surface area contributed by atoms with Crippen LogP contribution in [0.2, 0.25) is 0 Å². The predicted octanol–water partition coefficient (Wildman–Crippen LogP) is 2.42. The first-order chi connectivity index (χ1) is 7.59. The van der Waals surface area contributed by atoms with Gasteiger partial charge in [0.1, 0.15) is 6.33 Å². The SMILES string of the molecule is Cc1cc(-c2nncn2C(C)C)ccc1N. The highest BCUT2D eigenvalue weighted by Crippen LogP contribution is 2.23. The van der Waals surface area contributed by atoms with Crippen LogP contribution < -0.4 is 5.73 Å². The van der Waals surface area contributed by atoms with Gasteiger partial charge in [-0.3, -0.25) is 0 Å². The third-order valence-corrected chi connectivity index (χ3v) is 2.66. The summed E-state index contributed by atoms with van der Waals surface area (Å²) in [7, 11) is 0. The highest BCUT2D eigenvalue weighted by molar-refractivity contribution is 5.62. The molecule has 0 amide bonds. The zero-order chi connectivity index (χ0) is 11.7. The lowest BCUT2D eigenvalue weighted by atomic mass is 10.1. The summed E-state index contributed by atoms with van der Waals surface area (Å²) in [4.78, 5) is 0. The lowest BCUT2D eigenvalue weighted by molar-refractivity contribution is 0.604. The first kappa shape index (κ1) is 10.7. The molecule has 0 atom stereocenters. The number of benzene rings is 1. The molecule has 0 aliphatic rings. The molecule has 0 saturated carbocycles. The van der Waals surface area contributed by atoms with E-state index in [0.29, 0.717) is 6.04 Å². The van der Waals surface area contributed by atoms with Crippen LogP contribution in [0.3, 0.4) is 0 Å². The molecule has 1 aromatic carbocycles. The van der Waals surface area contributed by atoms with Gasteiger partial charge in [-0.2, -0.15) is 0 Å². The van der Waals surface area contributed by atoms with Crippen molar-refractivity contribution in [3.8, 4) is 11.4 Å². The number of aryl methyl sites for hydroxylation is 1. The Morgan fingerprint density at radius 1 is 1.31 bits per heavy atom. The quantitative estimate of drug-likeness (QED) is 0.784. The van der Waals surface area contributed by atoms with E-state index in [0.717, 1.165) is 22.6 Å². The Kier molecular flexibility index (Phi) is 2.64. The molecule has 0 aliphatic carbocycles. The molecule has 4 heteroatoms. The summed E-state index contributed by atoms with van der Waals surface area (Å²) in [5.41, 5.74) is 8.72. The van der Waals surface area contributed by atoms with Crippen molar-refractivity contribution in [1.82, 2.24) is 14.8 Å². The number of nitrogens with zero attached hydrogens (tertiary/aromatic N) is 3. The number of hydrogen-bond donors (Lipinski definition) is 1. The van der Waals surface area contributed by atoms with Gasteiger partial charge in [-0.15, -0.1) is 10.2 Å². The van der Waals surface area contributed by atoms with E-state index in [9.17, 15) is 0 Å². The van der Waals surface area contributed by atoms with E-state index in [4.69, 9.17) is 5.73 Å². The van der Waals surface area contributed by atoms with Crippen LogP contribution in [-0.4, -0.2) is 14.8 Å². The minimum Gasteiger partial charge on any atom is -0.399 e. The molecule has 4 nitrogen and oxygen atoms in total. The summed E-state index contributed by atoms with van der Waals surface area (Å²) in [5.74, 6) is 0.887. The third kappa shape index (κ3) is 1.78. The molecule has 0 unspecified atom stereocenters. The van der Waals surface area contributed by atoms with Gasteiger partial charge < -0.3 is 10.3 Å². The van der Waals surface area contributed by atoms with Gasteiger partial charge in [0.2, 0.25) is 0 Å². The molecule has 2 N–H and O–H groups in total. The normalized spacial score (nSPS) is 11.0. The van der Waals surface area contributed by atoms with Crippen LogP contribution in [0.5, 0.6) is 0 Å². The maximum Gasteiger partial charge on any atom is 0.163 e. The summed E-state index contributed by atoms with van der Waals surface area (Å²) in [6.07, 6.45) is 1.76. The van der Waals surface area contributed by atoms with E-state index >= 15 is 0 Å². The lowest BCUT2D eigenvalue weighted by Crippen LogP contribution is -2.02. The largest absolute Gasteiger partial charge is 0.399 e. The maximum atomic E-state index is 5.80. The Balaban J connectivity index is 2.50. The van der Waals surface area contributed by atoms with Crippen LogP contribution in [0.1, 0.15) is 25.5 Å². The van der Waals surface area contributed by atoms with E-state index in [1.54, 1.807) is 6.33 Å². The van der Waals surface area contributed by atoms with Gasteiger partial charge in [-0.05, 0) is 44.5 Å². The van der Waals surface area contributed by atoms with Crippen LogP contribution in [0.15, 0.2) is 24.5 Å². The van der Waals surface area contributed by atoms with Crippen molar-refractivity contribution in [2.75, 3.05) is 5.73 Å². The van der Waals surface area contributed by atoms with Crippen molar-refractivity contribution in [2.45, 2.75) is 26.8 Å². The van der Waals surface area contributed by atoms with E-state index in [2.05, 4.69) is 24.0 Å². The molecule has 2 rings (SSSR count). The fraction of sp³-hybridized carbons (Fsp3) is 0.333. The van der Waals surface area contributed by atoms with Crippen molar-refractivity contribution in [2.24, 2.45) is 0 Å². The summed E-state index contributed by atoms with van der Waals surface area (Å²) >= 11 is 0. The average molecular weight is 216 g/mol. The van der Waals surface area contributed by atoms with E-state index in [1.165, 1.54) is 0 Å².